The highest BCUT2D eigenvalue weighted by Gasteiger charge is 2.05. The van der Waals surface area contributed by atoms with Crippen LogP contribution in [0.25, 0.3) is 0 Å². The van der Waals surface area contributed by atoms with Crippen LogP contribution in [-0.2, 0) is 6.42 Å². The van der Waals surface area contributed by atoms with E-state index < -0.39 is 0 Å². The van der Waals surface area contributed by atoms with E-state index >= 15 is 0 Å². The smallest absolute Gasteiger partial charge is 0.0653 e. The van der Waals surface area contributed by atoms with Gasteiger partial charge in [-0.1, -0.05) is 65.1 Å². The number of aryl methyl sites for hydroxylation is 1. The predicted octanol–water partition coefficient (Wildman–Crippen LogP) is 5.69. The normalized spacial score (nSPS) is 10.5. The quantitative estimate of drug-likeness (QED) is 0.552. The first-order chi connectivity index (χ1) is 9.16. The highest BCUT2D eigenvalue weighted by molar-refractivity contribution is 6.44. The van der Waals surface area contributed by atoms with E-state index in [9.17, 15) is 0 Å². The first kappa shape index (κ1) is 14.5. The molecule has 0 bridgehead atoms. The van der Waals surface area contributed by atoms with Crippen LogP contribution in [0.1, 0.15) is 12.0 Å². The van der Waals surface area contributed by atoms with Gasteiger partial charge in [0.2, 0.25) is 0 Å². The summed E-state index contributed by atoms with van der Waals surface area (Å²) in [5.74, 6) is 0. The number of benzene rings is 2. The molecule has 0 radical (unpaired) electrons. The molecule has 2 rings (SSSR count). The van der Waals surface area contributed by atoms with Gasteiger partial charge < -0.3 is 5.32 Å². The standard InChI is InChI=1S/C15H14Cl3N/c16-12-9-14(18)15(10-13(12)17)19-8-4-7-11-5-2-1-3-6-11/h1-3,5-6,9-10,19H,4,7-8H2. The third kappa shape index (κ3) is 4.31. The predicted molar refractivity (Wildman–Crippen MR) is 84.7 cm³/mol. The molecule has 2 aromatic rings. The average molecular weight is 315 g/mol. The van der Waals surface area contributed by atoms with Crippen molar-refractivity contribution in [2.45, 2.75) is 12.8 Å². The van der Waals surface area contributed by atoms with Gasteiger partial charge in [-0.25, -0.2) is 0 Å². The zero-order valence-corrected chi connectivity index (χ0v) is 12.6. The van der Waals surface area contributed by atoms with Crippen LogP contribution in [0.15, 0.2) is 42.5 Å². The summed E-state index contributed by atoms with van der Waals surface area (Å²) in [7, 11) is 0. The Balaban J connectivity index is 1.85. The van der Waals surface area contributed by atoms with Gasteiger partial charge in [-0.2, -0.15) is 0 Å². The summed E-state index contributed by atoms with van der Waals surface area (Å²) < 4.78 is 0. The molecule has 1 nitrogen and oxygen atoms in total. The molecule has 0 saturated heterocycles. The summed E-state index contributed by atoms with van der Waals surface area (Å²) in [6.07, 6.45) is 2.06. The van der Waals surface area contributed by atoms with Crippen molar-refractivity contribution in [1.29, 1.82) is 0 Å². The van der Waals surface area contributed by atoms with E-state index in [1.54, 1.807) is 12.1 Å². The molecule has 4 heteroatoms. The van der Waals surface area contributed by atoms with Gasteiger partial charge in [-0.15, -0.1) is 0 Å². The van der Waals surface area contributed by atoms with E-state index in [0.29, 0.717) is 15.1 Å². The molecule has 1 N–H and O–H groups in total. The van der Waals surface area contributed by atoms with Crippen molar-refractivity contribution in [2.24, 2.45) is 0 Å². The van der Waals surface area contributed by atoms with Gasteiger partial charge in [0.15, 0.2) is 0 Å². The minimum atomic E-state index is 0.474. The molecule has 2 aromatic carbocycles. The number of halogens is 3. The van der Waals surface area contributed by atoms with Gasteiger partial charge in [-0.05, 0) is 30.5 Å². The first-order valence-corrected chi connectivity index (χ1v) is 7.22. The second-order valence-electron chi connectivity index (χ2n) is 4.26. The Kier molecular flexibility index (Phi) is 5.38. The topological polar surface area (TPSA) is 12.0 Å². The Morgan fingerprint density at radius 3 is 2.26 bits per heavy atom. The van der Waals surface area contributed by atoms with Gasteiger partial charge in [0.1, 0.15) is 0 Å². The monoisotopic (exact) mass is 313 g/mol. The van der Waals surface area contributed by atoms with Gasteiger partial charge in [0.05, 0.1) is 20.8 Å². The summed E-state index contributed by atoms with van der Waals surface area (Å²) >= 11 is 17.9. The molecule has 0 fully saturated rings. The minimum absolute atomic E-state index is 0.474. The Bertz CT molecular complexity index is 541. The lowest BCUT2D eigenvalue weighted by Gasteiger charge is -2.09. The lowest BCUT2D eigenvalue weighted by atomic mass is 10.1. The lowest BCUT2D eigenvalue weighted by molar-refractivity contribution is 0.863. The molecular weight excluding hydrogens is 301 g/mol. The van der Waals surface area contributed by atoms with E-state index in [4.69, 9.17) is 34.8 Å². The number of hydrogen-bond donors (Lipinski definition) is 1. The maximum Gasteiger partial charge on any atom is 0.0653 e. The van der Waals surface area contributed by atoms with Crippen LogP contribution in [0, 0.1) is 0 Å². The van der Waals surface area contributed by atoms with Crippen LogP contribution in [0.2, 0.25) is 15.1 Å². The van der Waals surface area contributed by atoms with Gasteiger partial charge in [0.25, 0.3) is 0 Å². The molecular formula is C15H14Cl3N. The van der Waals surface area contributed by atoms with Crippen LogP contribution in [0.4, 0.5) is 5.69 Å². The molecule has 0 aliphatic rings. The second-order valence-corrected chi connectivity index (χ2v) is 5.48. The summed E-state index contributed by atoms with van der Waals surface area (Å²) in [5.41, 5.74) is 2.16. The van der Waals surface area contributed by atoms with Crippen molar-refractivity contribution in [3.8, 4) is 0 Å². The molecule has 0 aliphatic carbocycles. The maximum absolute atomic E-state index is 6.09. The molecule has 19 heavy (non-hydrogen) atoms. The van der Waals surface area contributed by atoms with Gasteiger partial charge in [-0.3, -0.25) is 0 Å². The zero-order valence-electron chi connectivity index (χ0n) is 10.3. The number of rotatable bonds is 5. The van der Waals surface area contributed by atoms with E-state index in [1.807, 2.05) is 6.07 Å². The van der Waals surface area contributed by atoms with Crippen molar-refractivity contribution < 1.29 is 0 Å². The Hall–Kier alpha value is -0.890. The summed E-state index contributed by atoms with van der Waals surface area (Å²) in [5, 5.41) is 4.85. The summed E-state index contributed by atoms with van der Waals surface area (Å²) in [4.78, 5) is 0. The first-order valence-electron chi connectivity index (χ1n) is 6.09. The van der Waals surface area contributed by atoms with Crippen molar-refractivity contribution in [2.75, 3.05) is 11.9 Å². The zero-order chi connectivity index (χ0) is 13.7. The number of nitrogens with one attached hydrogen (secondary N) is 1. The number of anilines is 1. The Labute approximate surface area is 128 Å². The van der Waals surface area contributed by atoms with Crippen molar-refractivity contribution >= 4 is 40.5 Å². The molecule has 0 amide bonds. The van der Waals surface area contributed by atoms with E-state index in [2.05, 4.69) is 29.6 Å². The van der Waals surface area contributed by atoms with Crippen molar-refractivity contribution in [3.63, 3.8) is 0 Å². The van der Waals surface area contributed by atoms with Gasteiger partial charge >= 0.3 is 0 Å². The summed E-state index contributed by atoms with van der Waals surface area (Å²) in [6, 6.07) is 13.8. The van der Waals surface area contributed by atoms with Crippen LogP contribution < -0.4 is 5.32 Å². The summed E-state index contributed by atoms with van der Waals surface area (Å²) in [6.45, 7) is 0.840. The molecule has 0 aromatic heterocycles. The van der Waals surface area contributed by atoms with Crippen molar-refractivity contribution in [3.05, 3.63) is 63.1 Å². The number of hydrogen-bond acceptors (Lipinski definition) is 1. The molecule has 100 valence electrons. The van der Waals surface area contributed by atoms with Crippen LogP contribution in [-0.4, -0.2) is 6.54 Å². The second kappa shape index (κ2) is 7.04. The van der Waals surface area contributed by atoms with Crippen LogP contribution in [0.3, 0.4) is 0 Å². The molecule has 0 spiro atoms. The highest BCUT2D eigenvalue weighted by Crippen LogP contribution is 2.32. The van der Waals surface area contributed by atoms with Crippen LogP contribution in [0.5, 0.6) is 0 Å². The largest absolute Gasteiger partial charge is 0.384 e. The lowest BCUT2D eigenvalue weighted by Crippen LogP contribution is -2.03. The third-order valence-corrected chi connectivity index (χ3v) is 3.85. The molecule has 0 saturated carbocycles. The van der Waals surface area contributed by atoms with E-state index in [-0.39, 0.29) is 0 Å². The van der Waals surface area contributed by atoms with E-state index in [1.165, 1.54) is 5.56 Å². The Morgan fingerprint density at radius 2 is 1.53 bits per heavy atom. The molecule has 0 unspecified atom stereocenters. The fraction of sp³-hybridized carbons (Fsp3) is 0.200. The Morgan fingerprint density at radius 1 is 0.842 bits per heavy atom. The third-order valence-electron chi connectivity index (χ3n) is 2.81. The highest BCUT2D eigenvalue weighted by atomic mass is 35.5. The van der Waals surface area contributed by atoms with Crippen LogP contribution >= 0.6 is 34.8 Å². The van der Waals surface area contributed by atoms with Crippen molar-refractivity contribution in [1.82, 2.24) is 0 Å². The average Bonchev–Trinajstić information content (AvgIpc) is 2.41. The molecule has 0 aliphatic heterocycles. The van der Waals surface area contributed by atoms with E-state index in [0.717, 1.165) is 25.1 Å². The maximum atomic E-state index is 6.09. The fourth-order valence-corrected chi connectivity index (χ4v) is 2.43. The fourth-order valence-electron chi connectivity index (χ4n) is 1.82. The molecule has 0 atom stereocenters. The minimum Gasteiger partial charge on any atom is -0.384 e. The van der Waals surface area contributed by atoms with Gasteiger partial charge in [0, 0.05) is 6.54 Å². The molecule has 0 heterocycles. The SMILES string of the molecule is Clc1cc(Cl)c(NCCCc2ccccc2)cc1Cl.